The Balaban J connectivity index is 1.61. The number of carbonyl (C=O) groups excluding carboxylic acids is 1. The van der Waals surface area contributed by atoms with E-state index in [1.807, 2.05) is 0 Å². The first kappa shape index (κ1) is 19.0. The Kier molecular flexibility index (Phi) is 4.33. The van der Waals surface area contributed by atoms with Crippen LogP contribution in [0.25, 0.3) is 5.57 Å². The van der Waals surface area contributed by atoms with Gasteiger partial charge in [0.05, 0.1) is 17.6 Å². The van der Waals surface area contributed by atoms with Crippen LogP contribution in [0.3, 0.4) is 0 Å². The topological polar surface area (TPSA) is 119 Å². The average molecular weight is 437 g/mol. The lowest BCUT2D eigenvalue weighted by Crippen LogP contribution is -2.43. The summed E-state index contributed by atoms with van der Waals surface area (Å²) in [5.41, 5.74) is 1.74. The quantitative estimate of drug-likeness (QED) is 0.483. The van der Waals surface area contributed by atoms with Gasteiger partial charge in [0.1, 0.15) is 23.6 Å². The number of nitrogens with one attached hydrogen (secondary N) is 1. The Morgan fingerprint density at radius 2 is 2.06 bits per heavy atom. The summed E-state index contributed by atoms with van der Waals surface area (Å²) in [6.07, 6.45) is 0. The molecule has 0 radical (unpaired) electrons. The molecule has 2 aliphatic rings. The van der Waals surface area contributed by atoms with E-state index < -0.39 is 4.92 Å². The summed E-state index contributed by atoms with van der Waals surface area (Å²) in [7, 11) is 1.53. The van der Waals surface area contributed by atoms with Gasteiger partial charge in [-0.05, 0) is 24.3 Å². The molecule has 0 unspecified atom stereocenters. The summed E-state index contributed by atoms with van der Waals surface area (Å²) in [5.74, 6) is 0.228. The fourth-order valence-electron chi connectivity index (χ4n) is 3.63. The second-order valence-corrected chi connectivity index (χ2v) is 7.92. The summed E-state index contributed by atoms with van der Waals surface area (Å²) < 4.78 is 7.02. The first-order valence-corrected chi connectivity index (χ1v) is 10.1. The third kappa shape index (κ3) is 3.06. The molecule has 2 aliphatic heterocycles. The number of amides is 1. The minimum atomic E-state index is -0.466. The van der Waals surface area contributed by atoms with Crippen LogP contribution in [0.5, 0.6) is 5.75 Å². The smallest absolute Gasteiger partial charge is 0.272 e. The average Bonchev–Trinajstić information content (AvgIpc) is 3.28. The molecule has 3 heterocycles. The second kappa shape index (κ2) is 7.06. The predicted molar refractivity (Wildman–Crippen MR) is 114 cm³/mol. The van der Waals surface area contributed by atoms with E-state index in [4.69, 9.17) is 4.74 Å². The van der Waals surface area contributed by atoms with Gasteiger partial charge in [-0.1, -0.05) is 17.4 Å². The van der Waals surface area contributed by atoms with Crippen molar-refractivity contribution < 1.29 is 14.5 Å². The largest absolute Gasteiger partial charge is 0.497 e. The third-order valence-corrected chi connectivity index (χ3v) is 6.27. The molecule has 1 N–H and O–H groups in total. The zero-order valence-electron chi connectivity index (χ0n) is 16.2. The minimum absolute atomic E-state index is 0.0367. The molecule has 3 aromatic rings. The number of non-ortho nitro benzene ring substituents is 1. The van der Waals surface area contributed by atoms with Crippen molar-refractivity contribution in [3.63, 3.8) is 0 Å². The fraction of sp³-hybridized carbons (Fsp3) is 0.150. The van der Waals surface area contributed by atoms with E-state index in [0.29, 0.717) is 37.6 Å². The summed E-state index contributed by atoms with van der Waals surface area (Å²) in [5, 5.41) is 13.9. The van der Waals surface area contributed by atoms with Crippen LogP contribution >= 0.6 is 11.3 Å². The SMILES string of the molecule is COc1ccc2c(c1)/C(=c1\sc3n(c1=O)CN(c1cccc([N+](=O)[O-])c1)CN=3)C(=O)N2. The van der Waals surface area contributed by atoms with Gasteiger partial charge < -0.3 is 15.0 Å². The number of ether oxygens (including phenoxy) is 1. The molecule has 0 saturated carbocycles. The van der Waals surface area contributed by atoms with Crippen LogP contribution in [0.4, 0.5) is 17.1 Å². The summed E-state index contributed by atoms with van der Waals surface area (Å²) >= 11 is 1.16. The number of methoxy groups -OCH3 is 1. The Hall–Kier alpha value is -3.99. The molecular weight excluding hydrogens is 422 g/mol. The minimum Gasteiger partial charge on any atom is -0.497 e. The van der Waals surface area contributed by atoms with Crippen molar-refractivity contribution in [2.45, 2.75) is 6.67 Å². The van der Waals surface area contributed by atoms with Gasteiger partial charge in [-0.3, -0.25) is 24.3 Å². The standard InChI is InChI=1S/C20H15N5O5S/c1-30-13-5-6-15-14(8-13)16(18(26)22-15)17-19(27)24-10-23(9-21-20(24)31-17)11-3-2-4-12(7-11)25(28)29/h2-8H,9-10H2,1H3,(H,22,26)/b17-16+. The lowest BCUT2D eigenvalue weighted by Gasteiger charge is -2.25. The van der Waals surface area contributed by atoms with Gasteiger partial charge in [-0.15, -0.1) is 0 Å². The molecule has 31 heavy (non-hydrogen) atoms. The van der Waals surface area contributed by atoms with E-state index in [1.54, 1.807) is 35.2 Å². The van der Waals surface area contributed by atoms with E-state index in [2.05, 4.69) is 10.3 Å². The maximum Gasteiger partial charge on any atom is 0.272 e. The molecule has 5 rings (SSSR count). The van der Waals surface area contributed by atoms with Gasteiger partial charge in [0.25, 0.3) is 17.2 Å². The molecule has 1 aromatic heterocycles. The van der Waals surface area contributed by atoms with Gasteiger partial charge in [-0.25, -0.2) is 4.99 Å². The van der Waals surface area contributed by atoms with Crippen molar-refractivity contribution in [1.82, 2.24) is 4.57 Å². The van der Waals surface area contributed by atoms with Gasteiger partial charge in [0, 0.05) is 29.1 Å². The molecule has 10 nitrogen and oxygen atoms in total. The Bertz CT molecular complexity index is 1440. The summed E-state index contributed by atoms with van der Waals surface area (Å²) in [6, 6.07) is 11.4. The van der Waals surface area contributed by atoms with Crippen LogP contribution in [0.1, 0.15) is 5.56 Å². The van der Waals surface area contributed by atoms with Crippen molar-refractivity contribution in [3.8, 4) is 5.75 Å². The number of hydrogen-bond acceptors (Lipinski definition) is 8. The van der Waals surface area contributed by atoms with Crippen LogP contribution in [-0.2, 0) is 11.5 Å². The number of nitro benzene ring substituents is 1. The maximum atomic E-state index is 13.2. The Labute approximate surface area is 178 Å². The molecule has 0 atom stereocenters. The zero-order valence-corrected chi connectivity index (χ0v) is 17.0. The molecule has 0 aliphatic carbocycles. The number of rotatable bonds is 3. The van der Waals surface area contributed by atoms with Crippen molar-refractivity contribution in [1.29, 1.82) is 0 Å². The zero-order chi connectivity index (χ0) is 21.7. The van der Waals surface area contributed by atoms with Crippen LogP contribution in [0.2, 0.25) is 0 Å². The first-order valence-electron chi connectivity index (χ1n) is 9.24. The van der Waals surface area contributed by atoms with Crippen LogP contribution < -0.4 is 29.8 Å². The number of benzene rings is 2. The van der Waals surface area contributed by atoms with Crippen LogP contribution in [0.15, 0.2) is 52.3 Å². The van der Waals surface area contributed by atoms with Crippen LogP contribution in [-0.4, -0.2) is 29.2 Å². The van der Waals surface area contributed by atoms with E-state index in [1.165, 1.54) is 23.8 Å². The number of carbonyl (C=O) groups is 1. The summed E-state index contributed by atoms with van der Waals surface area (Å²) in [6.45, 7) is 0.418. The molecule has 0 bridgehead atoms. The highest BCUT2D eigenvalue weighted by Crippen LogP contribution is 2.33. The van der Waals surface area contributed by atoms with E-state index in [0.717, 1.165) is 11.3 Å². The molecule has 1 amide bonds. The highest BCUT2D eigenvalue weighted by Gasteiger charge is 2.28. The first-order chi connectivity index (χ1) is 15.0. The molecule has 0 saturated heterocycles. The Morgan fingerprint density at radius 3 is 2.84 bits per heavy atom. The van der Waals surface area contributed by atoms with Gasteiger partial charge in [0.2, 0.25) is 0 Å². The molecule has 156 valence electrons. The number of aromatic nitrogens is 1. The predicted octanol–water partition coefficient (Wildman–Crippen LogP) is 1.03. The number of fused-ring (bicyclic) bond motifs is 2. The van der Waals surface area contributed by atoms with E-state index in [-0.39, 0.29) is 30.5 Å². The second-order valence-electron chi connectivity index (χ2n) is 6.95. The molecule has 0 fully saturated rings. The van der Waals surface area contributed by atoms with E-state index in [9.17, 15) is 19.7 Å². The van der Waals surface area contributed by atoms with Crippen molar-refractivity contribution in [3.05, 3.63) is 77.8 Å². The van der Waals surface area contributed by atoms with Gasteiger partial charge in [0.15, 0.2) is 4.80 Å². The number of nitrogens with zero attached hydrogens (tertiary/aromatic N) is 4. The molecular formula is C20H15N5O5S. The lowest BCUT2D eigenvalue weighted by molar-refractivity contribution is -0.384. The molecule has 2 aromatic carbocycles. The van der Waals surface area contributed by atoms with Crippen LogP contribution in [0, 0.1) is 10.1 Å². The van der Waals surface area contributed by atoms with Gasteiger partial charge in [-0.2, -0.15) is 0 Å². The maximum absolute atomic E-state index is 13.2. The number of nitro groups is 1. The number of anilines is 2. The lowest BCUT2D eigenvalue weighted by atomic mass is 10.1. The third-order valence-electron chi connectivity index (χ3n) is 5.16. The highest BCUT2D eigenvalue weighted by molar-refractivity contribution is 7.07. The Morgan fingerprint density at radius 1 is 1.23 bits per heavy atom. The summed E-state index contributed by atoms with van der Waals surface area (Å²) in [4.78, 5) is 43.2. The molecule has 11 heteroatoms. The van der Waals surface area contributed by atoms with E-state index >= 15 is 0 Å². The normalized spacial score (nSPS) is 16.3. The monoisotopic (exact) mass is 437 g/mol. The molecule has 0 spiro atoms. The van der Waals surface area contributed by atoms with Gasteiger partial charge >= 0.3 is 0 Å². The fourth-order valence-corrected chi connectivity index (χ4v) is 4.68. The number of thiazole rings is 1. The van der Waals surface area contributed by atoms with Crippen molar-refractivity contribution in [2.24, 2.45) is 4.99 Å². The van der Waals surface area contributed by atoms with Crippen molar-refractivity contribution >= 4 is 39.9 Å². The highest BCUT2D eigenvalue weighted by atomic mass is 32.1. The van der Waals surface area contributed by atoms with Crippen molar-refractivity contribution in [2.75, 3.05) is 24.0 Å². The number of hydrogen-bond donors (Lipinski definition) is 1.